The molecule has 1 N–H and O–H groups in total. The summed E-state index contributed by atoms with van der Waals surface area (Å²) in [6, 6.07) is 6.72. The average molecular weight is 333 g/mol. The van der Waals surface area contributed by atoms with Crippen LogP contribution in [0.25, 0.3) is 0 Å². The maximum absolute atomic E-state index is 12.0. The van der Waals surface area contributed by atoms with E-state index in [1.165, 1.54) is 0 Å². The molecule has 1 amide bonds. The summed E-state index contributed by atoms with van der Waals surface area (Å²) in [5, 5.41) is 0.391. The van der Waals surface area contributed by atoms with Crippen LogP contribution in [0.5, 0.6) is 0 Å². The minimum absolute atomic E-state index is 0.243. The quantitative estimate of drug-likeness (QED) is 0.857. The molecule has 1 aromatic rings. The smallest absolute Gasteiger partial charge is 0.237 e. The Morgan fingerprint density at radius 2 is 1.95 bits per heavy atom. The van der Waals surface area contributed by atoms with Gasteiger partial charge in [0.25, 0.3) is 0 Å². The first-order valence-electron chi connectivity index (χ1n) is 6.54. The van der Waals surface area contributed by atoms with Gasteiger partial charge in [-0.25, -0.2) is 13.1 Å². The van der Waals surface area contributed by atoms with E-state index in [1.807, 2.05) is 0 Å². The number of hydrogen-bond donors (Lipinski definition) is 1. The zero-order valence-electron chi connectivity index (χ0n) is 11.4. The first-order valence-corrected chi connectivity index (χ1v) is 8.57. The summed E-state index contributed by atoms with van der Waals surface area (Å²) < 4.78 is 31.4. The van der Waals surface area contributed by atoms with Crippen LogP contribution in [-0.4, -0.2) is 52.1 Å². The Bertz CT molecular complexity index is 600. The highest BCUT2D eigenvalue weighted by molar-refractivity contribution is 7.88. The summed E-state index contributed by atoms with van der Waals surface area (Å²) in [5.74, 6) is -0.496. The fourth-order valence-corrected chi connectivity index (χ4v) is 3.36. The van der Waals surface area contributed by atoms with E-state index >= 15 is 0 Å². The topological polar surface area (TPSA) is 75.7 Å². The van der Waals surface area contributed by atoms with Crippen molar-refractivity contribution in [3.8, 4) is 0 Å². The fourth-order valence-electron chi connectivity index (χ4n) is 1.97. The number of amides is 1. The molecule has 8 heteroatoms. The standard InChI is InChI=1S/C13H17ClN2O4S/c14-12-4-2-1-3-11(12)10-21(18,19)15-9-13(17)16-5-7-20-8-6-16/h1-4,15H,5-10H2. The van der Waals surface area contributed by atoms with Crippen molar-refractivity contribution in [2.24, 2.45) is 0 Å². The lowest BCUT2D eigenvalue weighted by Gasteiger charge is -2.26. The molecule has 0 aliphatic carbocycles. The van der Waals surface area contributed by atoms with Crippen LogP contribution in [0.4, 0.5) is 0 Å². The predicted molar refractivity (Wildman–Crippen MR) is 79.5 cm³/mol. The zero-order valence-corrected chi connectivity index (χ0v) is 13.0. The van der Waals surface area contributed by atoms with Crippen molar-refractivity contribution in [2.45, 2.75) is 5.75 Å². The largest absolute Gasteiger partial charge is 0.378 e. The summed E-state index contributed by atoms with van der Waals surface area (Å²) in [4.78, 5) is 13.5. The normalized spacial score (nSPS) is 16.0. The van der Waals surface area contributed by atoms with Gasteiger partial charge in [-0.1, -0.05) is 29.8 Å². The van der Waals surface area contributed by atoms with Crippen LogP contribution >= 0.6 is 11.6 Å². The van der Waals surface area contributed by atoms with Crippen molar-refractivity contribution in [1.29, 1.82) is 0 Å². The molecule has 6 nitrogen and oxygen atoms in total. The SMILES string of the molecule is O=C(CNS(=O)(=O)Cc1ccccc1Cl)N1CCOCC1. The number of sulfonamides is 1. The Labute approximate surface area is 129 Å². The van der Waals surface area contributed by atoms with Gasteiger partial charge in [0.05, 0.1) is 25.5 Å². The lowest BCUT2D eigenvalue weighted by Crippen LogP contribution is -2.45. The third kappa shape index (κ3) is 4.96. The number of carbonyl (C=O) groups is 1. The van der Waals surface area contributed by atoms with Crippen LogP contribution in [0, 0.1) is 0 Å². The number of carbonyl (C=O) groups excluding carboxylic acids is 1. The molecule has 1 fully saturated rings. The summed E-state index contributed by atoms with van der Waals surface area (Å²) in [6.07, 6.45) is 0. The van der Waals surface area contributed by atoms with Crippen molar-refractivity contribution < 1.29 is 17.9 Å². The highest BCUT2D eigenvalue weighted by atomic mass is 35.5. The second kappa shape index (κ2) is 7.22. The van der Waals surface area contributed by atoms with Gasteiger partial charge in [0.15, 0.2) is 0 Å². The number of hydrogen-bond acceptors (Lipinski definition) is 4. The van der Waals surface area contributed by atoms with Gasteiger partial charge in [-0.05, 0) is 11.6 Å². The maximum Gasteiger partial charge on any atom is 0.237 e. The van der Waals surface area contributed by atoms with Crippen LogP contribution < -0.4 is 4.72 Å². The number of halogens is 1. The minimum Gasteiger partial charge on any atom is -0.378 e. The second-order valence-corrected chi connectivity index (χ2v) is 6.88. The maximum atomic E-state index is 12.0. The van der Waals surface area contributed by atoms with Gasteiger partial charge < -0.3 is 9.64 Å². The first kappa shape index (κ1) is 16.2. The van der Waals surface area contributed by atoms with E-state index in [0.717, 1.165) is 0 Å². The lowest BCUT2D eigenvalue weighted by molar-refractivity contribution is -0.133. The molecule has 2 rings (SSSR count). The van der Waals surface area contributed by atoms with E-state index in [1.54, 1.807) is 29.2 Å². The Kier molecular flexibility index (Phi) is 5.58. The number of nitrogens with zero attached hydrogens (tertiary/aromatic N) is 1. The summed E-state index contributed by atoms with van der Waals surface area (Å²) in [5.41, 5.74) is 0.505. The van der Waals surface area contributed by atoms with Crippen LogP contribution in [0.3, 0.4) is 0 Å². The van der Waals surface area contributed by atoms with E-state index in [4.69, 9.17) is 16.3 Å². The molecule has 21 heavy (non-hydrogen) atoms. The minimum atomic E-state index is -3.60. The van der Waals surface area contributed by atoms with Gasteiger partial charge in [0.1, 0.15) is 0 Å². The number of ether oxygens (including phenoxy) is 1. The van der Waals surface area contributed by atoms with E-state index in [-0.39, 0.29) is 18.2 Å². The molecule has 0 saturated carbocycles. The Hall–Kier alpha value is -1.15. The summed E-state index contributed by atoms with van der Waals surface area (Å²) in [7, 11) is -3.60. The molecule has 1 saturated heterocycles. The van der Waals surface area contributed by atoms with Crippen LogP contribution in [0.1, 0.15) is 5.56 Å². The molecule has 1 aliphatic rings. The van der Waals surface area contributed by atoms with Gasteiger partial charge in [-0.2, -0.15) is 0 Å². The monoisotopic (exact) mass is 332 g/mol. The third-order valence-corrected chi connectivity index (χ3v) is 4.75. The number of nitrogens with one attached hydrogen (secondary N) is 1. The molecule has 1 heterocycles. The van der Waals surface area contributed by atoms with Gasteiger partial charge in [-0.15, -0.1) is 0 Å². The van der Waals surface area contributed by atoms with Crippen LogP contribution in [0.2, 0.25) is 5.02 Å². The van der Waals surface area contributed by atoms with Gasteiger partial charge in [-0.3, -0.25) is 4.79 Å². The lowest BCUT2D eigenvalue weighted by atomic mass is 10.2. The molecule has 0 spiro atoms. The van der Waals surface area contributed by atoms with E-state index in [9.17, 15) is 13.2 Å². The van der Waals surface area contributed by atoms with Crippen molar-refractivity contribution in [3.63, 3.8) is 0 Å². The van der Waals surface area contributed by atoms with Crippen molar-refractivity contribution in [2.75, 3.05) is 32.8 Å². The molecule has 0 radical (unpaired) electrons. The number of benzene rings is 1. The van der Waals surface area contributed by atoms with E-state index in [0.29, 0.717) is 36.9 Å². The highest BCUT2D eigenvalue weighted by Gasteiger charge is 2.20. The van der Waals surface area contributed by atoms with Crippen molar-refractivity contribution >= 4 is 27.5 Å². The van der Waals surface area contributed by atoms with Gasteiger partial charge in [0.2, 0.25) is 15.9 Å². The molecule has 1 aliphatic heterocycles. The van der Waals surface area contributed by atoms with Gasteiger partial charge >= 0.3 is 0 Å². The molecular weight excluding hydrogens is 316 g/mol. The fraction of sp³-hybridized carbons (Fsp3) is 0.462. The molecular formula is C13H17ClN2O4S. The molecule has 0 unspecified atom stereocenters. The Balaban J connectivity index is 1.89. The predicted octanol–water partition coefficient (Wildman–Crippen LogP) is 0.618. The van der Waals surface area contributed by atoms with Crippen molar-refractivity contribution in [1.82, 2.24) is 9.62 Å². The molecule has 116 valence electrons. The van der Waals surface area contributed by atoms with Crippen molar-refractivity contribution in [3.05, 3.63) is 34.9 Å². The summed E-state index contributed by atoms with van der Waals surface area (Å²) in [6.45, 7) is 1.71. The molecule has 1 aromatic carbocycles. The van der Waals surface area contributed by atoms with E-state index < -0.39 is 10.0 Å². The zero-order chi connectivity index (χ0) is 15.3. The average Bonchev–Trinajstić information content (AvgIpc) is 2.48. The van der Waals surface area contributed by atoms with Crippen LogP contribution in [-0.2, 0) is 25.3 Å². The summed E-state index contributed by atoms with van der Waals surface area (Å²) >= 11 is 5.93. The Morgan fingerprint density at radius 3 is 2.62 bits per heavy atom. The first-order chi connectivity index (χ1) is 9.98. The second-order valence-electron chi connectivity index (χ2n) is 4.66. The Morgan fingerprint density at radius 1 is 1.29 bits per heavy atom. The number of rotatable bonds is 5. The number of morpholine rings is 1. The molecule has 0 bridgehead atoms. The third-order valence-electron chi connectivity index (χ3n) is 3.11. The van der Waals surface area contributed by atoms with Crippen LogP contribution in [0.15, 0.2) is 24.3 Å². The highest BCUT2D eigenvalue weighted by Crippen LogP contribution is 2.17. The molecule has 0 aromatic heterocycles. The van der Waals surface area contributed by atoms with E-state index in [2.05, 4.69) is 4.72 Å². The molecule has 0 atom stereocenters. The van der Waals surface area contributed by atoms with Gasteiger partial charge in [0, 0.05) is 18.1 Å².